The number of Topliss-reactive ketones (excluding diaryl/α,β-unsaturated/α-hetero) is 1. The van der Waals surface area contributed by atoms with Gasteiger partial charge in [-0.05, 0) is 12.8 Å². The Labute approximate surface area is 369 Å². The second kappa shape index (κ2) is 24.9. The monoisotopic (exact) mass is 989 g/mol. The van der Waals surface area contributed by atoms with Crippen molar-refractivity contribution in [2.45, 2.75) is 83.0 Å². The molecule has 2 aromatic heterocycles. The summed E-state index contributed by atoms with van der Waals surface area (Å²) in [5.41, 5.74) is 9.35. The van der Waals surface area contributed by atoms with E-state index >= 15 is 0 Å². The van der Waals surface area contributed by atoms with Gasteiger partial charge < -0.3 is 79.5 Å². The van der Waals surface area contributed by atoms with E-state index in [1.54, 1.807) is 0 Å². The Morgan fingerprint density at radius 3 is 2.42 bits per heavy atom. The normalized spacial score (nSPS) is 20.8. The number of nitrogens with two attached hydrogens (primary N) is 2. The number of thioether (sulfide) groups is 1. The molecule has 9 N–H and O–H groups in total. The highest BCUT2D eigenvalue weighted by atomic mass is 32.2. The first-order valence-corrected chi connectivity index (χ1v) is 24.7. The van der Waals surface area contributed by atoms with Gasteiger partial charge in [-0.3, -0.25) is 38.3 Å². The maximum Gasteiger partial charge on any atom is 0.274 e. The third kappa shape index (κ3) is 18.1. The van der Waals surface area contributed by atoms with Gasteiger partial charge in [-0.1, -0.05) is 26.7 Å². The van der Waals surface area contributed by atoms with Crippen LogP contribution in [0.25, 0.3) is 11.2 Å². The minimum Gasteiger partial charge on any atom is -0.790 e. The molecule has 0 aromatic carbocycles. The number of carbonyl (C=O) groups is 4. The predicted octanol–water partition coefficient (Wildman–Crippen LogP) is -3.15. The lowest BCUT2D eigenvalue weighted by Gasteiger charge is -2.36. The number of aliphatic hydroxyl groups excluding tert-OH is 2. The molecular formula is C32H50N9O19P3S-4. The van der Waals surface area contributed by atoms with Crippen molar-refractivity contribution >= 4 is 82.1 Å². The molecule has 3 amide bonds. The lowest BCUT2D eigenvalue weighted by Crippen LogP contribution is -2.46. The molecule has 3 heterocycles. The van der Waals surface area contributed by atoms with E-state index in [0.717, 1.165) is 23.6 Å². The summed E-state index contributed by atoms with van der Waals surface area (Å²) >= 11 is 1.32. The van der Waals surface area contributed by atoms with E-state index in [4.69, 9.17) is 26.4 Å². The number of imidazole rings is 1. The summed E-state index contributed by atoms with van der Waals surface area (Å²) in [5.74, 6) is -1.91. The van der Waals surface area contributed by atoms with Gasteiger partial charge in [-0.2, -0.15) is 11.8 Å². The number of nitrogens with zero attached hydrogens (tertiary/aromatic N) is 4. The van der Waals surface area contributed by atoms with E-state index in [0.29, 0.717) is 37.9 Å². The van der Waals surface area contributed by atoms with Crippen LogP contribution in [0.2, 0.25) is 0 Å². The molecule has 1 fully saturated rings. The number of fused-ring (bicyclic) bond motifs is 1. The molecule has 8 atom stereocenters. The molecule has 0 bridgehead atoms. The van der Waals surface area contributed by atoms with Gasteiger partial charge in [0.15, 0.2) is 24.1 Å². The van der Waals surface area contributed by atoms with Gasteiger partial charge >= 0.3 is 0 Å². The molecule has 0 spiro atoms. The average Bonchev–Trinajstić information content (AvgIpc) is 3.76. The summed E-state index contributed by atoms with van der Waals surface area (Å²) in [6.07, 6.45) is -4.10. The number of hydrogen-bond acceptors (Lipinski definition) is 25. The van der Waals surface area contributed by atoms with E-state index in [2.05, 4.69) is 43.5 Å². The van der Waals surface area contributed by atoms with Crippen LogP contribution in [0.1, 0.15) is 58.6 Å². The Kier molecular flexibility index (Phi) is 21.3. The number of hydrogen-bond donors (Lipinski definition) is 7. The van der Waals surface area contributed by atoms with Gasteiger partial charge in [0.25, 0.3) is 15.6 Å². The first kappa shape index (κ1) is 54.8. The van der Waals surface area contributed by atoms with Crippen LogP contribution >= 0.6 is 35.2 Å². The maximum atomic E-state index is 12.6. The molecule has 0 radical (unpaired) electrons. The SMILES string of the molecule is CC(C)(COP(=O)([O-])OP(=O)([O-])OCC1OC(n2cnc3c(N)ncnc32)C(O)C1OP(=O)([O-])[O-])C(O)C(=O)NCCC(=O)NCCSCC(=O)CCCCC[C@H](COC=N)C(N)=O. The van der Waals surface area contributed by atoms with Crippen LogP contribution in [0.15, 0.2) is 12.7 Å². The van der Waals surface area contributed by atoms with Crippen molar-refractivity contribution in [2.75, 3.05) is 50.1 Å². The molecule has 1 saturated heterocycles. The Bertz CT molecular complexity index is 2060. The van der Waals surface area contributed by atoms with Crippen LogP contribution in [-0.4, -0.2) is 128 Å². The molecular weight excluding hydrogens is 939 g/mol. The standard InChI is InChI=1S/C32H54N9O19P3S/c1-32(2,26(45)30(47)37-9-8-22(43)36-10-11-64-14-20(42)7-5-3-4-6-19(28(35)46)12-55-16-33)15-57-63(53,54)60-62(51,52)56-13-21-25(59-61(48,49)50)24(44)31(58-21)41-18-40-23-27(34)38-17-39-29(23)41/h16-19,21,24-26,31,33,44-45H,3-15H2,1-2H3,(H2,35,46)(H,36,43)(H,37,47)(H,51,52)(H,53,54)(H2,34,38,39)(H2,48,49,50)/p-4/t19-,21?,24?,25?,26?,31?/m1/s1. The second-order valence-corrected chi connectivity index (χ2v) is 19.9. The zero-order chi connectivity index (χ0) is 47.9. The number of anilines is 1. The van der Waals surface area contributed by atoms with Crippen molar-refractivity contribution in [3.8, 4) is 0 Å². The summed E-state index contributed by atoms with van der Waals surface area (Å²) in [5, 5.41) is 33.2. The second-order valence-electron chi connectivity index (χ2n) is 14.7. The number of aliphatic hydroxyl groups is 2. The van der Waals surface area contributed by atoms with Gasteiger partial charge in [0, 0.05) is 37.1 Å². The fourth-order valence-corrected chi connectivity index (χ4v) is 9.30. The van der Waals surface area contributed by atoms with E-state index in [9.17, 15) is 62.7 Å². The summed E-state index contributed by atoms with van der Waals surface area (Å²) in [4.78, 5) is 108. The molecule has 28 nitrogen and oxygen atoms in total. The van der Waals surface area contributed by atoms with E-state index in [1.807, 2.05) is 0 Å². The van der Waals surface area contributed by atoms with Gasteiger partial charge in [0.2, 0.25) is 17.7 Å². The van der Waals surface area contributed by atoms with Crippen molar-refractivity contribution in [3.05, 3.63) is 12.7 Å². The van der Waals surface area contributed by atoms with Crippen LogP contribution < -0.4 is 41.7 Å². The summed E-state index contributed by atoms with van der Waals surface area (Å²) in [7, 11) is -17.6. The van der Waals surface area contributed by atoms with E-state index in [1.165, 1.54) is 25.6 Å². The van der Waals surface area contributed by atoms with Crippen molar-refractivity contribution in [2.24, 2.45) is 17.1 Å². The molecule has 64 heavy (non-hydrogen) atoms. The largest absolute Gasteiger partial charge is 0.790 e. The minimum atomic E-state index is -5.93. The Balaban J connectivity index is 1.37. The highest BCUT2D eigenvalue weighted by Gasteiger charge is 2.47. The number of rotatable bonds is 31. The number of carbonyl (C=O) groups excluding carboxylic acids is 4. The zero-order valence-electron chi connectivity index (χ0n) is 34.4. The highest BCUT2D eigenvalue weighted by molar-refractivity contribution is 7.99. The van der Waals surface area contributed by atoms with Gasteiger partial charge in [0.05, 0.1) is 39.0 Å². The highest BCUT2D eigenvalue weighted by Crippen LogP contribution is 2.56. The Morgan fingerprint density at radius 1 is 1.05 bits per heavy atom. The zero-order valence-corrected chi connectivity index (χ0v) is 37.9. The number of phosphoric acid groups is 3. The van der Waals surface area contributed by atoms with E-state index < -0.39 is 96.4 Å². The first-order chi connectivity index (χ1) is 29.9. The van der Waals surface area contributed by atoms with Crippen molar-refractivity contribution in [1.29, 1.82) is 5.41 Å². The molecule has 0 aliphatic carbocycles. The molecule has 0 saturated carbocycles. The molecule has 32 heteroatoms. The Morgan fingerprint density at radius 2 is 1.75 bits per heavy atom. The fraction of sp³-hybridized carbons (Fsp3) is 0.688. The molecule has 1 aliphatic rings. The van der Waals surface area contributed by atoms with E-state index in [-0.39, 0.29) is 54.6 Å². The summed E-state index contributed by atoms with van der Waals surface area (Å²) in [6, 6.07) is 0. The molecule has 362 valence electrons. The number of aromatic nitrogens is 4. The molecule has 1 aliphatic heterocycles. The number of nitrogen functional groups attached to an aromatic ring is 1. The van der Waals surface area contributed by atoms with Crippen molar-refractivity contribution in [1.82, 2.24) is 30.2 Å². The quantitative estimate of drug-likeness (QED) is 0.0170. The number of ketones is 1. The maximum absolute atomic E-state index is 12.6. The van der Waals surface area contributed by atoms with Gasteiger partial charge in [-0.15, -0.1) is 0 Å². The number of unbranched alkanes of at least 4 members (excludes halogenated alkanes) is 2. The van der Waals surface area contributed by atoms with Crippen LogP contribution in [0.5, 0.6) is 0 Å². The topological polar surface area (TPSA) is 451 Å². The third-order valence-electron chi connectivity index (χ3n) is 9.18. The lowest BCUT2D eigenvalue weighted by molar-refractivity contribution is -0.347. The van der Waals surface area contributed by atoms with Crippen molar-refractivity contribution in [3.63, 3.8) is 0 Å². The number of ether oxygens (including phenoxy) is 2. The smallest absolute Gasteiger partial charge is 0.274 e. The average molecular weight is 990 g/mol. The summed E-state index contributed by atoms with van der Waals surface area (Å²) < 4.78 is 65.4. The van der Waals surface area contributed by atoms with Crippen LogP contribution in [0, 0.1) is 16.7 Å². The number of amides is 3. The minimum absolute atomic E-state index is 0.0201. The third-order valence-corrected chi connectivity index (χ3v) is 13.2. The number of primary amides is 1. The van der Waals surface area contributed by atoms with Gasteiger partial charge in [-0.25, -0.2) is 19.3 Å². The van der Waals surface area contributed by atoms with Crippen LogP contribution in [-0.2, 0) is 60.2 Å². The predicted molar refractivity (Wildman–Crippen MR) is 214 cm³/mol. The molecule has 2 aromatic rings. The van der Waals surface area contributed by atoms with Crippen molar-refractivity contribution < 1.29 is 90.0 Å². The number of nitrogens with one attached hydrogen (secondary N) is 3. The fourth-order valence-electron chi connectivity index (χ4n) is 5.80. The summed E-state index contributed by atoms with van der Waals surface area (Å²) in [6.45, 7) is 0.0982. The van der Waals surface area contributed by atoms with Crippen LogP contribution in [0.4, 0.5) is 5.82 Å². The Hall–Kier alpha value is -3.50. The molecule has 7 unspecified atom stereocenters. The molecule has 3 rings (SSSR count). The first-order valence-electron chi connectivity index (χ1n) is 19.2. The number of phosphoric ester groups is 3. The van der Waals surface area contributed by atoms with Gasteiger partial charge in [0.1, 0.15) is 48.7 Å². The van der Waals surface area contributed by atoms with Crippen LogP contribution in [0.3, 0.4) is 0 Å². The lowest BCUT2D eigenvalue weighted by atomic mass is 9.87.